The van der Waals surface area contributed by atoms with Crippen LogP contribution in [0, 0.1) is 0 Å². The van der Waals surface area contributed by atoms with E-state index in [1.54, 1.807) is 0 Å². The predicted molar refractivity (Wildman–Crippen MR) is 88.8 cm³/mol. The van der Waals surface area contributed by atoms with E-state index in [9.17, 15) is 0 Å². The van der Waals surface area contributed by atoms with E-state index in [4.69, 9.17) is 4.74 Å². The van der Waals surface area contributed by atoms with Gasteiger partial charge in [-0.1, -0.05) is 73.5 Å². The molecule has 0 heterocycles. The first-order valence-electron chi connectivity index (χ1n) is 6.37. The van der Waals surface area contributed by atoms with Gasteiger partial charge < -0.3 is 4.74 Å². The molecule has 0 unspecified atom stereocenters. The van der Waals surface area contributed by atoms with E-state index in [1.807, 2.05) is 18.2 Å². The van der Waals surface area contributed by atoms with Gasteiger partial charge in [0.25, 0.3) is 0 Å². The van der Waals surface area contributed by atoms with Crippen molar-refractivity contribution in [1.29, 1.82) is 0 Å². The SMILES string of the molecule is BrCCCCCCCCOc1cc(Br)cc(Br)c1. The molecule has 0 aliphatic heterocycles. The maximum atomic E-state index is 5.73. The summed E-state index contributed by atoms with van der Waals surface area (Å²) in [5, 5.41) is 1.13. The van der Waals surface area contributed by atoms with Crippen LogP contribution >= 0.6 is 47.8 Å². The molecule has 0 amide bonds. The molecule has 4 heteroatoms. The molecule has 1 nitrogen and oxygen atoms in total. The normalized spacial score (nSPS) is 10.6. The van der Waals surface area contributed by atoms with Gasteiger partial charge in [0.15, 0.2) is 0 Å². The summed E-state index contributed by atoms with van der Waals surface area (Å²) in [7, 11) is 0. The van der Waals surface area contributed by atoms with Gasteiger partial charge in [-0.15, -0.1) is 0 Å². The largest absolute Gasteiger partial charge is 0.494 e. The smallest absolute Gasteiger partial charge is 0.121 e. The number of benzene rings is 1. The van der Waals surface area contributed by atoms with Crippen molar-refractivity contribution in [3.05, 3.63) is 27.1 Å². The van der Waals surface area contributed by atoms with Crippen molar-refractivity contribution in [2.24, 2.45) is 0 Å². The Balaban J connectivity index is 2.07. The van der Waals surface area contributed by atoms with Gasteiger partial charge in [-0.05, 0) is 31.0 Å². The Hall–Kier alpha value is 0.460. The van der Waals surface area contributed by atoms with Gasteiger partial charge in [-0.25, -0.2) is 0 Å². The number of halogens is 3. The molecule has 0 fully saturated rings. The van der Waals surface area contributed by atoms with Gasteiger partial charge in [-0.3, -0.25) is 0 Å². The molecule has 0 N–H and O–H groups in total. The molecule has 0 aromatic heterocycles. The Kier molecular flexibility index (Phi) is 9.42. The molecule has 0 atom stereocenters. The summed E-state index contributed by atoms with van der Waals surface area (Å²) in [6.07, 6.45) is 7.69. The average Bonchev–Trinajstić information content (AvgIpc) is 2.31. The molecule has 102 valence electrons. The highest BCUT2D eigenvalue weighted by Gasteiger charge is 1.98. The van der Waals surface area contributed by atoms with Gasteiger partial charge in [0.1, 0.15) is 5.75 Å². The van der Waals surface area contributed by atoms with Crippen LogP contribution in [0.1, 0.15) is 38.5 Å². The molecule has 1 aromatic rings. The monoisotopic (exact) mass is 440 g/mol. The summed E-state index contributed by atoms with van der Waals surface area (Å²) in [4.78, 5) is 0. The molecular weight excluding hydrogens is 424 g/mol. The number of hydrogen-bond donors (Lipinski definition) is 0. The fraction of sp³-hybridized carbons (Fsp3) is 0.571. The molecular formula is C14H19Br3O. The highest BCUT2D eigenvalue weighted by molar-refractivity contribution is 9.11. The molecule has 0 bridgehead atoms. The first-order valence-corrected chi connectivity index (χ1v) is 9.08. The summed E-state index contributed by atoms with van der Waals surface area (Å²) in [5.74, 6) is 0.926. The average molecular weight is 443 g/mol. The van der Waals surface area contributed by atoms with Crippen molar-refractivity contribution in [2.75, 3.05) is 11.9 Å². The highest BCUT2D eigenvalue weighted by Crippen LogP contribution is 2.25. The number of alkyl halides is 1. The van der Waals surface area contributed by atoms with Crippen LogP contribution in [0.3, 0.4) is 0 Å². The van der Waals surface area contributed by atoms with Gasteiger partial charge in [0.05, 0.1) is 6.61 Å². The predicted octanol–water partition coefficient (Wildman–Crippen LogP) is 6.33. The van der Waals surface area contributed by atoms with Crippen molar-refractivity contribution in [2.45, 2.75) is 38.5 Å². The first-order chi connectivity index (χ1) is 8.72. The quantitative estimate of drug-likeness (QED) is 0.321. The topological polar surface area (TPSA) is 9.23 Å². The summed E-state index contributed by atoms with van der Waals surface area (Å²) < 4.78 is 7.81. The van der Waals surface area contributed by atoms with Crippen molar-refractivity contribution < 1.29 is 4.74 Å². The Morgan fingerprint density at radius 1 is 0.778 bits per heavy atom. The molecule has 18 heavy (non-hydrogen) atoms. The Bertz CT molecular complexity index is 322. The number of unbranched alkanes of at least 4 members (excludes halogenated alkanes) is 5. The van der Waals surface area contributed by atoms with Crippen molar-refractivity contribution >= 4 is 47.8 Å². The zero-order valence-electron chi connectivity index (χ0n) is 10.4. The summed E-state index contributed by atoms with van der Waals surface area (Å²) >= 11 is 10.4. The summed E-state index contributed by atoms with van der Waals surface area (Å²) in [5.41, 5.74) is 0. The standard InChI is InChI=1S/C14H19Br3O/c15-7-5-3-1-2-4-6-8-18-14-10-12(16)9-13(17)11-14/h9-11H,1-8H2. The zero-order chi connectivity index (χ0) is 13.2. The molecule has 0 aliphatic rings. The molecule has 0 aliphatic carbocycles. The molecule has 0 spiro atoms. The van der Waals surface area contributed by atoms with E-state index in [2.05, 4.69) is 47.8 Å². The van der Waals surface area contributed by atoms with Crippen LogP contribution in [0.2, 0.25) is 0 Å². The third-order valence-electron chi connectivity index (χ3n) is 2.63. The Labute approximate surface area is 135 Å². The lowest BCUT2D eigenvalue weighted by Crippen LogP contribution is -1.97. The third-order valence-corrected chi connectivity index (χ3v) is 4.11. The van der Waals surface area contributed by atoms with Crippen molar-refractivity contribution in [3.63, 3.8) is 0 Å². The molecule has 0 saturated heterocycles. The maximum absolute atomic E-state index is 5.73. The van der Waals surface area contributed by atoms with E-state index in [-0.39, 0.29) is 0 Å². The van der Waals surface area contributed by atoms with Crippen LogP contribution in [0.15, 0.2) is 27.1 Å². The second kappa shape index (κ2) is 10.3. The van der Waals surface area contributed by atoms with Crippen molar-refractivity contribution in [3.8, 4) is 5.75 Å². The molecule has 1 aromatic carbocycles. The van der Waals surface area contributed by atoms with Crippen LogP contribution in [0.5, 0.6) is 5.75 Å². The second-order valence-corrected chi connectivity index (χ2v) is 6.89. The summed E-state index contributed by atoms with van der Waals surface area (Å²) in [6.45, 7) is 0.807. The van der Waals surface area contributed by atoms with Crippen LogP contribution in [-0.4, -0.2) is 11.9 Å². The number of rotatable bonds is 9. The van der Waals surface area contributed by atoms with Crippen molar-refractivity contribution in [1.82, 2.24) is 0 Å². The minimum atomic E-state index is 0.807. The Morgan fingerprint density at radius 2 is 1.33 bits per heavy atom. The van der Waals surface area contributed by atoms with Gasteiger partial charge in [-0.2, -0.15) is 0 Å². The van der Waals surface area contributed by atoms with Crippen LogP contribution in [-0.2, 0) is 0 Å². The van der Waals surface area contributed by atoms with Gasteiger partial charge in [0, 0.05) is 14.3 Å². The number of hydrogen-bond acceptors (Lipinski definition) is 1. The van der Waals surface area contributed by atoms with E-state index >= 15 is 0 Å². The molecule has 0 saturated carbocycles. The zero-order valence-corrected chi connectivity index (χ0v) is 15.2. The lowest BCUT2D eigenvalue weighted by atomic mass is 10.1. The minimum Gasteiger partial charge on any atom is -0.494 e. The Morgan fingerprint density at radius 3 is 1.94 bits per heavy atom. The van der Waals surface area contributed by atoms with E-state index < -0.39 is 0 Å². The fourth-order valence-corrected chi connectivity index (χ4v) is 3.35. The second-order valence-electron chi connectivity index (χ2n) is 4.26. The van der Waals surface area contributed by atoms with E-state index in [1.165, 1.54) is 32.1 Å². The van der Waals surface area contributed by atoms with Crippen LogP contribution in [0.4, 0.5) is 0 Å². The van der Waals surface area contributed by atoms with Gasteiger partial charge >= 0.3 is 0 Å². The maximum Gasteiger partial charge on any atom is 0.121 e. The lowest BCUT2D eigenvalue weighted by Gasteiger charge is -2.07. The lowest BCUT2D eigenvalue weighted by molar-refractivity contribution is 0.304. The first kappa shape index (κ1) is 16.5. The minimum absolute atomic E-state index is 0.807. The van der Waals surface area contributed by atoms with E-state index in [0.717, 1.165) is 33.1 Å². The fourth-order valence-electron chi connectivity index (χ4n) is 1.71. The van der Waals surface area contributed by atoms with E-state index in [0.29, 0.717) is 0 Å². The summed E-state index contributed by atoms with van der Waals surface area (Å²) in [6, 6.07) is 6.01. The molecule has 1 rings (SSSR count). The highest BCUT2D eigenvalue weighted by atomic mass is 79.9. The molecule has 0 radical (unpaired) electrons. The number of ether oxygens (including phenoxy) is 1. The van der Waals surface area contributed by atoms with Gasteiger partial charge in [0.2, 0.25) is 0 Å². The van der Waals surface area contributed by atoms with Crippen LogP contribution in [0.25, 0.3) is 0 Å². The third kappa shape index (κ3) is 7.80. The van der Waals surface area contributed by atoms with Crippen LogP contribution < -0.4 is 4.74 Å².